The van der Waals surface area contributed by atoms with E-state index in [0.717, 1.165) is 5.56 Å². The number of methoxy groups -OCH3 is 1. The fraction of sp³-hybridized carbons (Fsp3) is 0.200. The van der Waals surface area contributed by atoms with Crippen LogP contribution >= 0.6 is 0 Å². The number of nitrogens with zero attached hydrogens (tertiary/aromatic N) is 4. The molecule has 2 aromatic heterocycles. The Bertz CT molecular complexity index is 1170. The van der Waals surface area contributed by atoms with Crippen LogP contribution in [0.5, 0.6) is 5.75 Å². The highest BCUT2D eigenvalue weighted by Crippen LogP contribution is 2.32. The number of aromatic nitrogens is 2. The summed E-state index contributed by atoms with van der Waals surface area (Å²) in [4.78, 5) is 16.3. The van der Waals surface area contributed by atoms with E-state index < -0.39 is 0 Å². The van der Waals surface area contributed by atoms with Gasteiger partial charge in [0.15, 0.2) is 0 Å². The van der Waals surface area contributed by atoms with E-state index in [1.54, 1.807) is 25.2 Å². The minimum absolute atomic E-state index is 0.201. The lowest BCUT2D eigenvalue weighted by molar-refractivity contribution is 0.406. The Morgan fingerprint density at radius 1 is 1.19 bits per heavy atom. The van der Waals surface area contributed by atoms with E-state index in [1.807, 2.05) is 13.0 Å². The molecule has 2 heterocycles. The SMILES string of the molecule is COc1c(C#N)cccc1[C@@H](C)Nc1ncc(C#N)c2c1ccc(=O)n2C. The Morgan fingerprint density at radius 3 is 2.59 bits per heavy atom. The van der Waals surface area contributed by atoms with Crippen LogP contribution in [0.25, 0.3) is 10.9 Å². The summed E-state index contributed by atoms with van der Waals surface area (Å²) in [6, 6.07) is 12.4. The summed E-state index contributed by atoms with van der Waals surface area (Å²) < 4.78 is 6.85. The van der Waals surface area contributed by atoms with E-state index in [0.29, 0.717) is 33.6 Å². The molecule has 0 aliphatic heterocycles. The third kappa shape index (κ3) is 3.07. The maximum atomic E-state index is 12.0. The van der Waals surface area contributed by atoms with Crippen LogP contribution in [-0.4, -0.2) is 16.7 Å². The quantitative estimate of drug-likeness (QED) is 0.768. The zero-order chi connectivity index (χ0) is 19.6. The minimum atomic E-state index is -0.228. The van der Waals surface area contributed by atoms with E-state index in [1.165, 1.54) is 23.9 Å². The monoisotopic (exact) mass is 359 g/mol. The van der Waals surface area contributed by atoms with Gasteiger partial charge in [0.05, 0.1) is 29.8 Å². The third-order valence-corrected chi connectivity index (χ3v) is 4.46. The fourth-order valence-corrected chi connectivity index (χ4v) is 3.10. The van der Waals surface area contributed by atoms with Crippen LogP contribution in [0.3, 0.4) is 0 Å². The van der Waals surface area contributed by atoms with Crippen molar-refractivity contribution < 1.29 is 4.74 Å². The molecule has 27 heavy (non-hydrogen) atoms. The maximum Gasteiger partial charge on any atom is 0.250 e. The van der Waals surface area contributed by atoms with Crippen LogP contribution in [0.1, 0.15) is 29.7 Å². The number of nitriles is 2. The lowest BCUT2D eigenvalue weighted by Crippen LogP contribution is -2.17. The summed E-state index contributed by atoms with van der Waals surface area (Å²) >= 11 is 0. The van der Waals surface area contributed by atoms with Gasteiger partial charge in [0.25, 0.3) is 5.56 Å². The van der Waals surface area contributed by atoms with Gasteiger partial charge in [-0.1, -0.05) is 12.1 Å². The van der Waals surface area contributed by atoms with Crippen LogP contribution in [0.4, 0.5) is 5.82 Å². The van der Waals surface area contributed by atoms with Gasteiger partial charge in [0.2, 0.25) is 0 Å². The number of hydrogen-bond acceptors (Lipinski definition) is 6. The van der Waals surface area contributed by atoms with Gasteiger partial charge in [-0.2, -0.15) is 10.5 Å². The number of para-hydroxylation sites is 1. The molecule has 0 aliphatic carbocycles. The topological polar surface area (TPSA) is 104 Å². The second-order valence-corrected chi connectivity index (χ2v) is 6.03. The first-order valence-electron chi connectivity index (χ1n) is 8.24. The second-order valence-electron chi connectivity index (χ2n) is 6.03. The van der Waals surface area contributed by atoms with Crippen molar-refractivity contribution in [3.05, 3.63) is 63.6 Å². The summed E-state index contributed by atoms with van der Waals surface area (Å²) in [7, 11) is 3.15. The number of hydrogen-bond donors (Lipinski definition) is 1. The van der Waals surface area contributed by atoms with Gasteiger partial charge in [0, 0.05) is 30.3 Å². The number of ether oxygens (including phenoxy) is 1. The molecular formula is C20H17N5O2. The number of anilines is 1. The van der Waals surface area contributed by atoms with Gasteiger partial charge in [-0.15, -0.1) is 0 Å². The predicted octanol–water partition coefficient (Wildman–Crippen LogP) is 2.86. The van der Waals surface area contributed by atoms with Crippen molar-refractivity contribution in [3.63, 3.8) is 0 Å². The first-order valence-corrected chi connectivity index (χ1v) is 8.24. The van der Waals surface area contributed by atoms with E-state index in [4.69, 9.17) is 4.74 Å². The first-order chi connectivity index (χ1) is 13.0. The largest absolute Gasteiger partial charge is 0.495 e. The smallest absolute Gasteiger partial charge is 0.250 e. The first kappa shape index (κ1) is 18.0. The summed E-state index contributed by atoms with van der Waals surface area (Å²) in [5, 5.41) is 22.6. The Labute approximate surface area is 156 Å². The molecular weight excluding hydrogens is 342 g/mol. The predicted molar refractivity (Wildman–Crippen MR) is 101 cm³/mol. The Hall–Kier alpha value is -3.84. The Balaban J connectivity index is 2.11. The van der Waals surface area contributed by atoms with Gasteiger partial charge in [-0.25, -0.2) is 4.98 Å². The van der Waals surface area contributed by atoms with E-state index >= 15 is 0 Å². The summed E-state index contributed by atoms with van der Waals surface area (Å²) in [6.45, 7) is 1.92. The van der Waals surface area contributed by atoms with Gasteiger partial charge < -0.3 is 14.6 Å². The molecule has 0 unspecified atom stereocenters. The molecule has 0 amide bonds. The van der Waals surface area contributed by atoms with E-state index in [-0.39, 0.29) is 11.6 Å². The van der Waals surface area contributed by atoms with Crippen LogP contribution in [0.2, 0.25) is 0 Å². The molecule has 0 bridgehead atoms. The van der Waals surface area contributed by atoms with Gasteiger partial charge in [-0.05, 0) is 19.1 Å². The van der Waals surface area contributed by atoms with Crippen LogP contribution in [0, 0.1) is 22.7 Å². The second kappa shape index (κ2) is 7.19. The number of rotatable bonds is 4. The molecule has 7 nitrogen and oxygen atoms in total. The zero-order valence-corrected chi connectivity index (χ0v) is 15.1. The minimum Gasteiger partial charge on any atom is -0.495 e. The summed E-state index contributed by atoms with van der Waals surface area (Å²) in [6.07, 6.45) is 1.44. The molecule has 3 aromatic rings. The average Bonchev–Trinajstić information content (AvgIpc) is 2.70. The molecule has 1 aromatic carbocycles. The third-order valence-electron chi connectivity index (χ3n) is 4.46. The standard InChI is InChI=1S/C20H17N5O2/c1-12(15-6-4-5-13(9-21)19(15)27-3)24-20-16-7-8-17(26)25(2)18(16)14(10-22)11-23-20/h4-8,11-12H,1-3H3,(H,23,24)/t12-/m1/s1. The zero-order valence-electron chi connectivity index (χ0n) is 15.1. The van der Waals surface area contributed by atoms with Crippen LogP contribution in [0.15, 0.2) is 41.3 Å². The van der Waals surface area contributed by atoms with Gasteiger partial charge >= 0.3 is 0 Å². The lowest BCUT2D eigenvalue weighted by atomic mass is 10.0. The number of nitrogens with one attached hydrogen (secondary N) is 1. The van der Waals surface area contributed by atoms with Crippen LogP contribution < -0.4 is 15.6 Å². The lowest BCUT2D eigenvalue weighted by Gasteiger charge is -2.20. The number of fused-ring (bicyclic) bond motifs is 1. The molecule has 0 fully saturated rings. The van der Waals surface area contributed by atoms with Gasteiger partial charge in [-0.3, -0.25) is 4.79 Å². The average molecular weight is 359 g/mol. The summed E-state index contributed by atoms with van der Waals surface area (Å²) in [5.41, 5.74) is 1.90. The summed E-state index contributed by atoms with van der Waals surface area (Å²) in [5.74, 6) is 1.04. The Kier molecular flexibility index (Phi) is 4.78. The van der Waals surface area contributed by atoms with Crippen molar-refractivity contribution in [1.29, 1.82) is 10.5 Å². The highest BCUT2D eigenvalue weighted by atomic mass is 16.5. The van der Waals surface area contributed by atoms with E-state index in [9.17, 15) is 15.3 Å². The Morgan fingerprint density at radius 2 is 1.93 bits per heavy atom. The molecule has 0 radical (unpaired) electrons. The number of aryl methyl sites for hydroxylation is 1. The number of pyridine rings is 2. The van der Waals surface area contributed by atoms with Crippen LogP contribution in [-0.2, 0) is 7.05 Å². The molecule has 0 saturated heterocycles. The highest BCUT2D eigenvalue weighted by molar-refractivity contribution is 5.93. The molecule has 1 N–H and O–H groups in total. The molecule has 134 valence electrons. The molecule has 0 saturated carbocycles. The maximum absolute atomic E-state index is 12.0. The fourth-order valence-electron chi connectivity index (χ4n) is 3.10. The van der Waals surface area contributed by atoms with Gasteiger partial charge in [0.1, 0.15) is 23.7 Å². The molecule has 7 heteroatoms. The number of benzene rings is 1. The molecule has 3 rings (SSSR count). The van der Waals surface area contributed by atoms with Crippen molar-refractivity contribution in [2.75, 3.05) is 12.4 Å². The van der Waals surface area contributed by atoms with Crippen molar-refractivity contribution in [2.45, 2.75) is 13.0 Å². The van der Waals surface area contributed by atoms with Crippen molar-refractivity contribution in [1.82, 2.24) is 9.55 Å². The molecule has 0 spiro atoms. The molecule has 1 atom stereocenters. The van der Waals surface area contributed by atoms with E-state index in [2.05, 4.69) is 22.4 Å². The van der Waals surface area contributed by atoms with Crippen molar-refractivity contribution >= 4 is 16.7 Å². The normalized spacial score (nSPS) is 11.4. The van der Waals surface area contributed by atoms with Crippen molar-refractivity contribution in [2.24, 2.45) is 7.05 Å². The van der Waals surface area contributed by atoms with Crippen molar-refractivity contribution in [3.8, 4) is 17.9 Å². The highest BCUT2D eigenvalue weighted by Gasteiger charge is 2.17. The molecule has 0 aliphatic rings.